The van der Waals surface area contributed by atoms with Crippen molar-refractivity contribution in [2.75, 3.05) is 0 Å². The molecule has 0 aliphatic carbocycles. The predicted molar refractivity (Wildman–Crippen MR) is 54.7 cm³/mol. The molecule has 0 heterocycles. The predicted octanol–water partition coefficient (Wildman–Crippen LogP) is 2.41. The second-order valence-electron chi connectivity index (χ2n) is 3.86. The maximum atomic E-state index is 5.99. The standard InChI is InChI=1S/C11H21N/c1-5-6-7-8-11(12)10(4)9(2)3/h1,9-11H,6-8,12H2,2-4H3. The molecule has 12 heavy (non-hydrogen) atoms. The third-order valence-corrected chi connectivity index (χ3v) is 2.59. The quantitative estimate of drug-likeness (QED) is 0.494. The number of hydrogen-bond donors (Lipinski definition) is 1. The van der Waals surface area contributed by atoms with Crippen molar-refractivity contribution in [1.29, 1.82) is 0 Å². The third-order valence-electron chi connectivity index (χ3n) is 2.59. The molecule has 0 aliphatic rings. The Labute approximate surface area is 76.7 Å². The van der Waals surface area contributed by atoms with E-state index in [4.69, 9.17) is 12.2 Å². The van der Waals surface area contributed by atoms with Gasteiger partial charge in [-0.2, -0.15) is 0 Å². The lowest BCUT2D eigenvalue weighted by atomic mass is 9.88. The number of terminal acetylenes is 1. The Hall–Kier alpha value is -0.480. The summed E-state index contributed by atoms with van der Waals surface area (Å²) >= 11 is 0. The van der Waals surface area contributed by atoms with E-state index in [2.05, 4.69) is 26.7 Å². The molecule has 1 nitrogen and oxygen atoms in total. The van der Waals surface area contributed by atoms with Crippen molar-refractivity contribution in [3.05, 3.63) is 0 Å². The van der Waals surface area contributed by atoms with Crippen LogP contribution in [0, 0.1) is 24.2 Å². The van der Waals surface area contributed by atoms with Crippen LogP contribution >= 0.6 is 0 Å². The second kappa shape index (κ2) is 6.08. The van der Waals surface area contributed by atoms with Crippen molar-refractivity contribution in [1.82, 2.24) is 0 Å². The van der Waals surface area contributed by atoms with Gasteiger partial charge in [0.1, 0.15) is 0 Å². The van der Waals surface area contributed by atoms with E-state index in [1.54, 1.807) is 0 Å². The average Bonchev–Trinajstić information content (AvgIpc) is 2.03. The van der Waals surface area contributed by atoms with Crippen molar-refractivity contribution < 1.29 is 0 Å². The maximum absolute atomic E-state index is 5.99. The minimum atomic E-state index is 0.318. The summed E-state index contributed by atoms with van der Waals surface area (Å²) in [6, 6.07) is 0.318. The van der Waals surface area contributed by atoms with Gasteiger partial charge in [-0.3, -0.25) is 0 Å². The summed E-state index contributed by atoms with van der Waals surface area (Å²) in [5.41, 5.74) is 5.99. The highest BCUT2D eigenvalue weighted by atomic mass is 14.6. The molecule has 0 saturated carbocycles. The molecule has 0 radical (unpaired) electrons. The Morgan fingerprint density at radius 1 is 1.33 bits per heavy atom. The normalized spacial score (nSPS) is 15.7. The Morgan fingerprint density at radius 3 is 2.33 bits per heavy atom. The SMILES string of the molecule is C#CCCCC(N)C(C)C(C)C. The van der Waals surface area contributed by atoms with Gasteiger partial charge in [0.2, 0.25) is 0 Å². The molecule has 0 bridgehead atoms. The van der Waals surface area contributed by atoms with Gasteiger partial charge in [-0.25, -0.2) is 0 Å². The Kier molecular flexibility index (Phi) is 5.84. The first-order valence-electron chi connectivity index (χ1n) is 4.78. The molecule has 2 atom stereocenters. The van der Waals surface area contributed by atoms with Crippen LogP contribution < -0.4 is 5.73 Å². The molecule has 0 spiro atoms. The summed E-state index contributed by atoms with van der Waals surface area (Å²) < 4.78 is 0. The number of rotatable bonds is 5. The van der Waals surface area contributed by atoms with Gasteiger partial charge in [0, 0.05) is 12.5 Å². The minimum absolute atomic E-state index is 0.318. The number of nitrogens with two attached hydrogens (primary N) is 1. The fourth-order valence-corrected chi connectivity index (χ4v) is 1.20. The molecular weight excluding hydrogens is 146 g/mol. The van der Waals surface area contributed by atoms with Crippen molar-refractivity contribution in [3.63, 3.8) is 0 Å². The molecule has 0 amide bonds. The fraction of sp³-hybridized carbons (Fsp3) is 0.818. The molecule has 0 aromatic heterocycles. The zero-order chi connectivity index (χ0) is 9.56. The van der Waals surface area contributed by atoms with Crippen molar-refractivity contribution in [2.24, 2.45) is 17.6 Å². The molecule has 70 valence electrons. The summed E-state index contributed by atoms with van der Waals surface area (Å²) in [6.45, 7) is 6.64. The van der Waals surface area contributed by atoms with Gasteiger partial charge in [0.25, 0.3) is 0 Å². The molecule has 0 aliphatic heterocycles. The number of unbranched alkanes of at least 4 members (excludes halogenated alkanes) is 1. The lowest BCUT2D eigenvalue weighted by molar-refractivity contribution is 0.329. The zero-order valence-electron chi connectivity index (χ0n) is 8.51. The van der Waals surface area contributed by atoms with E-state index in [0.29, 0.717) is 17.9 Å². The highest BCUT2D eigenvalue weighted by Gasteiger charge is 2.14. The molecular formula is C11H21N. The maximum Gasteiger partial charge on any atom is 0.00866 e. The molecule has 2 N–H and O–H groups in total. The lowest BCUT2D eigenvalue weighted by Gasteiger charge is -2.22. The summed E-state index contributed by atoms with van der Waals surface area (Å²) in [6.07, 6.45) is 8.14. The Balaban J connectivity index is 3.58. The van der Waals surface area contributed by atoms with E-state index in [0.717, 1.165) is 19.3 Å². The van der Waals surface area contributed by atoms with Gasteiger partial charge in [-0.05, 0) is 24.7 Å². The molecule has 0 rings (SSSR count). The van der Waals surface area contributed by atoms with E-state index < -0.39 is 0 Å². The first-order valence-corrected chi connectivity index (χ1v) is 4.78. The van der Waals surface area contributed by atoms with Gasteiger partial charge >= 0.3 is 0 Å². The highest BCUT2D eigenvalue weighted by Crippen LogP contribution is 2.16. The molecule has 2 unspecified atom stereocenters. The van der Waals surface area contributed by atoms with Gasteiger partial charge in [-0.15, -0.1) is 12.3 Å². The van der Waals surface area contributed by atoms with Crippen molar-refractivity contribution in [2.45, 2.75) is 46.1 Å². The minimum Gasteiger partial charge on any atom is -0.327 e. The summed E-state index contributed by atoms with van der Waals surface area (Å²) in [5, 5.41) is 0. The van der Waals surface area contributed by atoms with Crippen molar-refractivity contribution in [3.8, 4) is 12.3 Å². The van der Waals surface area contributed by atoms with Crippen LogP contribution in [0.4, 0.5) is 0 Å². The first-order chi connectivity index (χ1) is 5.59. The van der Waals surface area contributed by atoms with Crippen LogP contribution in [0.5, 0.6) is 0 Å². The van der Waals surface area contributed by atoms with Crippen molar-refractivity contribution >= 4 is 0 Å². The zero-order valence-corrected chi connectivity index (χ0v) is 8.51. The molecule has 0 aromatic carbocycles. The van der Waals surface area contributed by atoms with Crippen LogP contribution in [0.1, 0.15) is 40.0 Å². The average molecular weight is 167 g/mol. The second-order valence-corrected chi connectivity index (χ2v) is 3.86. The van der Waals surface area contributed by atoms with Crippen LogP contribution in [0.15, 0.2) is 0 Å². The van der Waals surface area contributed by atoms with E-state index in [1.165, 1.54) is 0 Å². The molecule has 0 saturated heterocycles. The first kappa shape index (κ1) is 11.5. The fourth-order valence-electron chi connectivity index (χ4n) is 1.20. The molecule has 1 heteroatoms. The number of hydrogen-bond acceptors (Lipinski definition) is 1. The van der Waals surface area contributed by atoms with Gasteiger partial charge in [-0.1, -0.05) is 20.8 Å². The molecule has 0 aromatic rings. The molecule has 0 fully saturated rings. The van der Waals surface area contributed by atoms with E-state index in [1.807, 2.05) is 0 Å². The smallest absolute Gasteiger partial charge is 0.00866 e. The van der Waals surface area contributed by atoms with Gasteiger partial charge in [0.05, 0.1) is 0 Å². The lowest BCUT2D eigenvalue weighted by Crippen LogP contribution is -2.31. The summed E-state index contributed by atoms with van der Waals surface area (Å²) in [5.74, 6) is 3.91. The van der Waals surface area contributed by atoms with Crippen LogP contribution in [-0.2, 0) is 0 Å². The summed E-state index contributed by atoms with van der Waals surface area (Å²) in [7, 11) is 0. The van der Waals surface area contributed by atoms with Gasteiger partial charge < -0.3 is 5.73 Å². The third kappa shape index (κ3) is 4.41. The summed E-state index contributed by atoms with van der Waals surface area (Å²) in [4.78, 5) is 0. The van der Waals surface area contributed by atoms with E-state index in [-0.39, 0.29) is 0 Å². The van der Waals surface area contributed by atoms with Gasteiger partial charge in [0.15, 0.2) is 0 Å². The van der Waals surface area contributed by atoms with E-state index >= 15 is 0 Å². The largest absolute Gasteiger partial charge is 0.327 e. The van der Waals surface area contributed by atoms with E-state index in [9.17, 15) is 0 Å². The van der Waals surface area contributed by atoms with Crippen LogP contribution in [-0.4, -0.2) is 6.04 Å². The Morgan fingerprint density at radius 2 is 1.92 bits per heavy atom. The van der Waals surface area contributed by atoms with Crippen LogP contribution in [0.2, 0.25) is 0 Å². The monoisotopic (exact) mass is 167 g/mol. The van der Waals surface area contributed by atoms with Crippen LogP contribution in [0.3, 0.4) is 0 Å². The highest BCUT2D eigenvalue weighted by molar-refractivity contribution is 4.84. The van der Waals surface area contributed by atoms with Crippen LogP contribution in [0.25, 0.3) is 0 Å². The topological polar surface area (TPSA) is 26.0 Å². The Bertz CT molecular complexity index is 144.